The summed E-state index contributed by atoms with van der Waals surface area (Å²) in [6, 6.07) is 8.21. The van der Waals surface area contributed by atoms with Crippen molar-refractivity contribution in [3.63, 3.8) is 0 Å². The third-order valence-electron chi connectivity index (χ3n) is 4.86. The van der Waals surface area contributed by atoms with Crippen molar-refractivity contribution >= 4 is 34.6 Å². The number of amides is 1. The zero-order valence-corrected chi connectivity index (χ0v) is 17.2. The van der Waals surface area contributed by atoms with Gasteiger partial charge in [0, 0.05) is 17.0 Å². The van der Waals surface area contributed by atoms with E-state index in [-0.39, 0.29) is 5.91 Å². The van der Waals surface area contributed by atoms with E-state index in [4.69, 9.17) is 0 Å². The molecule has 1 aliphatic heterocycles. The molecular formula is C23H26FNOS. The summed E-state index contributed by atoms with van der Waals surface area (Å²) < 4.78 is 14.0. The maximum Gasteiger partial charge on any atom is 0.228 e. The summed E-state index contributed by atoms with van der Waals surface area (Å²) >= 11 is 1.71. The number of anilines is 1. The van der Waals surface area contributed by atoms with Gasteiger partial charge in [-0.15, -0.1) is 11.3 Å². The first-order valence-electron chi connectivity index (χ1n) is 9.41. The smallest absolute Gasteiger partial charge is 0.228 e. The molecule has 3 rings (SSSR count). The number of benzene rings is 1. The van der Waals surface area contributed by atoms with E-state index in [1.54, 1.807) is 18.3 Å². The number of hydrogen-bond donors (Lipinski definition) is 1. The van der Waals surface area contributed by atoms with Gasteiger partial charge in [-0.25, -0.2) is 4.39 Å². The van der Waals surface area contributed by atoms with Crippen LogP contribution in [-0.2, 0) is 17.6 Å². The largest absolute Gasteiger partial charge is 0.326 e. The highest BCUT2D eigenvalue weighted by atomic mass is 32.1. The predicted octanol–water partition coefficient (Wildman–Crippen LogP) is 6.43. The molecule has 1 amide bonds. The normalized spacial score (nSPS) is 14.7. The average Bonchev–Trinajstić information content (AvgIpc) is 3.22. The molecule has 0 radical (unpaired) electrons. The van der Waals surface area contributed by atoms with Gasteiger partial charge in [-0.1, -0.05) is 24.6 Å². The molecule has 0 aliphatic carbocycles. The summed E-state index contributed by atoms with van der Waals surface area (Å²) in [4.78, 5) is 12.9. The van der Waals surface area contributed by atoms with E-state index in [1.807, 2.05) is 32.0 Å². The molecule has 0 spiro atoms. The number of allylic oxidation sites excluding steroid dienone is 3. The van der Waals surface area contributed by atoms with Gasteiger partial charge in [0.15, 0.2) is 0 Å². The Morgan fingerprint density at radius 3 is 2.78 bits per heavy atom. The van der Waals surface area contributed by atoms with Crippen LogP contribution in [-0.4, -0.2) is 12.1 Å². The molecule has 2 nitrogen and oxygen atoms in total. The van der Waals surface area contributed by atoms with Crippen LogP contribution in [0.2, 0.25) is 0 Å². The highest BCUT2D eigenvalue weighted by Crippen LogP contribution is 2.37. The third kappa shape index (κ3) is 4.38. The van der Waals surface area contributed by atoms with Crippen LogP contribution in [0.4, 0.5) is 10.1 Å². The zero-order valence-electron chi connectivity index (χ0n) is 16.4. The molecule has 142 valence electrons. The monoisotopic (exact) mass is 383 g/mol. The lowest BCUT2D eigenvalue weighted by atomic mass is 9.91. The van der Waals surface area contributed by atoms with Gasteiger partial charge in [0.25, 0.3) is 0 Å². The summed E-state index contributed by atoms with van der Waals surface area (Å²) in [5, 5.41) is 5.02. The summed E-state index contributed by atoms with van der Waals surface area (Å²) in [7, 11) is 0. The van der Waals surface area contributed by atoms with Crippen molar-refractivity contribution in [1.82, 2.24) is 0 Å². The Bertz CT molecular complexity index is 916. The maximum absolute atomic E-state index is 14.0. The van der Waals surface area contributed by atoms with Crippen molar-refractivity contribution in [1.29, 1.82) is 0 Å². The molecular weight excluding hydrogens is 357 g/mol. The first-order chi connectivity index (χ1) is 12.9. The van der Waals surface area contributed by atoms with E-state index < -0.39 is 6.17 Å². The quantitative estimate of drug-likeness (QED) is 0.572. The highest BCUT2D eigenvalue weighted by molar-refractivity contribution is 7.11. The predicted molar refractivity (Wildman–Crippen MR) is 114 cm³/mol. The number of rotatable bonds is 6. The molecule has 0 fully saturated rings. The number of fused-ring (bicyclic) bond motifs is 1. The fourth-order valence-electron chi connectivity index (χ4n) is 3.49. The van der Waals surface area contributed by atoms with Gasteiger partial charge in [0.05, 0.1) is 6.42 Å². The molecule has 0 saturated carbocycles. The van der Waals surface area contributed by atoms with Crippen LogP contribution in [0, 0.1) is 0 Å². The maximum atomic E-state index is 14.0. The Labute approximate surface area is 164 Å². The second kappa shape index (κ2) is 8.22. The van der Waals surface area contributed by atoms with Crippen LogP contribution in [0.5, 0.6) is 0 Å². The van der Waals surface area contributed by atoms with E-state index in [9.17, 15) is 9.18 Å². The molecule has 1 unspecified atom stereocenters. The SMILES string of the molecule is CCc1ccsc1/C(=C\c1ccc2c(c1)NC(=O)C2)C(CC(C)F)=C(C)C. The lowest BCUT2D eigenvalue weighted by molar-refractivity contribution is -0.115. The standard InChI is InChI=1S/C23H26FNOS/c1-5-17-8-9-27-23(17)20(19(14(2)3)10-15(4)24)11-16-6-7-18-13-22(26)25-21(18)12-16/h6-9,11-12,15H,5,10,13H2,1-4H3,(H,25,26)/b20-11-. The van der Waals surface area contributed by atoms with Gasteiger partial charge >= 0.3 is 0 Å². The van der Waals surface area contributed by atoms with Crippen molar-refractivity contribution in [2.24, 2.45) is 0 Å². The Hall–Kier alpha value is -2.20. The number of nitrogens with one attached hydrogen (secondary N) is 1. The Morgan fingerprint density at radius 1 is 1.33 bits per heavy atom. The number of halogens is 1. The van der Waals surface area contributed by atoms with Crippen LogP contribution in [0.15, 0.2) is 40.8 Å². The van der Waals surface area contributed by atoms with Crippen molar-refractivity contribution in [2.75, 3.05) is 5.32 Å². The number of thiophene rings is 1. The fraction of sp³-hybridized carbons (Fsp3) is 0.348. The summed E-state index contributed by atoms with van der Waals surface area (Å²) in [5.74, 6) is 0.0362. The van der Waals surface area contributed by atoms with Crippen LogP contribution in [0.3, 0.4) is 0 Å². The summed E-state index contributed by atoms with van der Waals surface area (Å²) in [6.07, 6.45) is 3.02. The van der Waals surface area contributed by atoms with Gasteiger partial charge < -0.3 is 5.32 Å². The number of carbonyl (C=O) groups excluding carboxylic acids is 1. The van der Waals surface area contributed by atoms with Crippen LogP contribution in [0.1, 0.15) is 55.7 Å². The molecule has 1 aromatic heterocycles. The molecule has 0 bridgehead atoms. The second-order valence-electron chi connectivity index (χ2n) is 7.29. The lowest BCUT2D eigenvalue weighted by Crippen LogP contribution is -2.03. The molecule has 2 aromatic rings. The molecule has 1 atom stereocenters. The second-order valence-corrected chi connectivity index (χ2v) is 8.21. The molecule has 1 aromatic carbocycles. The minimum absolute atomic E-state index is 0.0362. The van der Waals surface area contributed by atoms with Crippen LogP contribution >= 0.6 is 11.3 Å². The van der Waals surface area contributed by atoms with Crippen molar-refractivity contribution in [3.05, 3.63) is 62.4 Å². The van der Waals surface area contributed by atoms with Crippen molar-refractivity contribution in [3.8, 4) is 0 Å². The Kier molecular flexibility index (Phi) is 5.95. The molecule has 1 N–H and O–H groups in total. The number of carbonyl (C=O) groups is 1. The summed E-state index contributed by atoms with van der Waals surface area (Å²) in [5.41, 5.74) is 7.51. The number of aryl methyl sites for hydroxylation is 1. The Balaban J connectivity index is 2.13. The molecule has 0 saturated heterocycles. The van der Waals surface area contributed by atoms with Gasteiger partial charge in [-0.05, 0) is 78.6 Å². The Morgan fingerprint density at radius 2 is 2.11 bits per heavy atom. The molecule has 27 heavy (non-hydrogen) atoms. The molecule has 4 heteroatoms. The first-order valence-corrected chi connectivity index (χ1v) is 10.3. The van der Waals surface area contributed by atoms with Gasteiger partial charge in [0.2, 0.25) is 5.91 Å². The lowest BCUT2D eigenvalue weighted by Gasteiger charge is -2.17. The van der Waals surface area contributed by atoms with E-state index in [2.05, 4.69) is 29.8 Å². The van der Waals surface area contributed by atoms with E-state index >= 15 is 0 Å². The zero-order chi connectivity index (χ0) is 19.6. The van der Waals surface area contributed by atoms with Crippen LogP contribution < -0.4 is 5.32 Å². The van der Waals surface area contributed by atoms with Crippen LogP contribution in [0.25, 0.3) is 11.6 Å². The highest BCUT2D eigenvalue weighted by Gasteiger charge is 2.19. The van der Waals surface area contributed by atoms with Crippen molar-refractivity contribution in [2.45, 2.75) is 53.1 Å². The summed E-state index contributed by atoms with van der Waals surface area (Å²) in [6.45, 7) is 7.86. The molecule has 2 heterocycles. The van der Waals surface area contributed by atoms with Gasteiger partial charge in [-0.2, -0.15) is 0 Å². The molecule has 1 aliphatic rings. The van der Waals surface area contributed by atoms with Gasteiger partial charge in [0.1, 0.15) is 6.17 Å². The average molecular weight is 384 g/mol. The first kappa shape index (κ1) is 19.6. The van der Waals surface area contributed by atoms with Gasteiger partial charge in [-0.3, -0.25) is 4.79 Å². The van der Waals surface area contributed by atoms with E-state index in [0.29, 0.717) is 12.8 Å². The minimum atomic E-state index is -0.900. The third-order valence-corrected chi connectivity index (χ3v) is 5.85. The minimum Gasteiger partial charge on any atom is -0.326 e. The van der Waals surface area contributed by atoms with E-state index in [0.717, 1.165) is 40.0 Å². The topological polar surface area (TPSA) is 29.1 Å². The van der Waals surface area contributed by atoms with Crippen molar-refractivity contribution < 1.29 is 9.18 Å². The number of hydrogen-bond acceptors (Lipinski definition) is 2. The fourth-order valence-corrected chi connectivity index (χ4v) is 4.53. The van der Waals surface area contributed by atoms with E-state index in [1.165, 1.54) is 10.4 Å². The number of alkyl halides is 1.